The first-order chi connectivity index (χ1) is 10.2. The Balaban J connectivity index is 2.53. The van der Waals surface area contributed by atoms with Gasteiger partial charge in [0.25, 0.3) is 5.91 Å². The zero-order chi connectivity index (χ0) is 15.5. The molecule has 1 amide bonds. The van der Waals surface area contributed by atoms with Crippen molar-refractivity contribution in [2.45, 2.75) is 13.0 Å². The third-order valence-electron chi connectivity index (χ3n) is 2.80. The third kappa shape index (κ3) is 6.59. The molecule has 0 aliphatic carbocycles. The van der Waals surface area contributed by atoms with Crippen molar-refractivity contribution in [3.8, 4) is 6.07 Å². The molecule has 112 valence electrons. The fraction of sp³-hybridized carbons (Fsp3) is 0.375. The van der Waals surface area contributed by atoms with E-state index in [1.807, 2.05) is 48.3 Å². The zero-order valence-electron chi connectivity index (χ0n) is 12.5. The molecule has 0 saturated heterocycles. The quantitative estimate of drug-likeness (QED) is 0.449. The van der Waals surface area contributed by atoms with Crippen molar-refractivity contribution < 1.29 is 9.53 Å². The molecule has 0 aromatic heterocycles. The fourth-order valence-electron chi connectivity index (χ4n) is 1.79. The Labute approximate surface area is 125 Å². The minimum absolute atomic E-state index is 0.103. The Morgan fingerprint density at radius 1 is 1.43 bits per heavy atom. The summed E-state index contributed by atoms with van der Waals surface area (Å²) in [5.41, 5.74) is 1.22. The Morgan fingerprint density at radius 2 is 2.14 bits per heavy atom. The number of ether oxygens (including phenoxy) is 1. The van der Waals surface area contributed by atoms with Gasteiger partial charge in [0.1, 0.15) is 11.6 Å². The molecule has 0 unspecified atom stereocenters. The maximum Gasteiger partial charge on any atom is 0.263 e. The van der Waals surface area contributed by atoms with Crippen LogP contribution < -0.4 is 5.32 Å². The second kappa shape index (κ2) is 9.56. The lowest BCUT2D eigenvalue weighted by Crippen LogP contribution is -2.27. The number of nitrogens with zero attached hydrogens (tertiary/aromatic N) is 2. The van der Waals surface area contributed by atoms with Crippen LogP contribution in [0.15, 0.2) is 42.1 Å². The van der Waals surface area contributed by atoms with E-state index in [-0.39, 0.29) is 11.5 Å². The highest BCUT2D eigenvalue weighted by atomic mass is 16.5. The van der Waals surface area contributed by atoms with Crippen LogP contribution in [0.25, 0.3) is 0 Å². The molecule has 0 aliphatic rings. The molecular formula is C16H21N3O2. The Bertz CT molecular complexity index is 506. The van der Waals surface area contributed by atoms with Gasteiger partial charge < -0.3 is 15.0 Å². The van der Waals surface area contributed by atoms with Gasteiger partial charge >= 0.3 is 0 Å². The number of carbonyl (C=O) groups is 1. The van der Waals surface area contributed by atoms with Crippen LogP contribution in [-0.2, 0) is 16.1 Å². The van der Waals surface area contributed by atoms with Gasteiger partial charge in [-0.25, -0.2) is 0 Å². The van der Waals surface area contributed by atoms with Crippen LogP contribution in [-0.4, -0.2) is 38.1 Å². The smallest absolute Gasteiger partial charge is 0.263 e. The second-order valence-corrected chi connectivity index (χ2v) is 4.66. The van der Waals surface area contributed by atoms with Crippen molar-refractivity contribution in [2.75, 3.05) is 27.3 Å². The highest BCUT2D eigenvalue weighted by Gasteiger charge is 2.09. The molecule has 5 heteroatoms. The summed E-state index contributed by atoms with van der Waals surface area (Å²) < 4.78 is 4.90. The summed E-state index contributed by atoms with van der Waals surface area (Å²) in [6, 6.07) is 11.8. The molecule has 21 heavy (non-hydrogen) atoms. The normalized spacial score (nSPS) is 10.8. The largest absolute Gasteiger partial charge is 0.385 e. The lowest BCUT2D eigenvalue weighted by atomic mass is 10.2. The van der Waals surface area contributed by atoms with Gasteiger partial charge in [0, 0.05) is 40.1 Å². The number of hydrogen-bond donors (Lipinski definition) is 1. The molecule has 0 bridgehead atoms. The van der Waals surface area contributed by atoms with E-state index in [0.29, 0.717) is 19.7 Å². The van der Waals surface area contributed by atoms with Gasteiger partial charge in [0.2, 0.25) is 0 Å². The first kappa shape index (κ1) is 16.7. The van der Waals surface area contributed by atoms with Crippen molar-refractivity contribution in [1.82, 2.24) is 10.2 Å². The lowest BCUT2D eigenvalue weighted by molar-refractivity contribution is -0.117. The molecule has 1 N–H and O–H groups in total. The van der Waals surface area contributed by atoms with Crippen molar-refractivity contribution >= 4 is 5.91 Å². The van der Waals surface area contributed by atoms with E-state index in [0.717, 1.165) is 12.0 Å². The van der Waals surface area contributed by atoms with E-state index >= 15 is 0 Å². The Kier molecular flexibility index (Phi) is 7.62. The minimum atomic E-state index is -0.353. The molecule has 0 fully saturated rings. The first-order valence-electron chi connectivity index (χ1n) is 6.80. The standard InChI is InChI=1S/C16H21N3O2/c1-19(12-14-7-4-3-5-8-14)13-15(11-17)16(20)18-9-6-10-21-2/h3-5,7-8,13H,6,9-10,12H2,1-2H3,(H,18,20)/b15-13-. The van der Waals surface area contributed by atoms with E-state index in [2.05, 4.69) is 5.32 Å². The number of carbonyl (C=O) groups excluding carboxylic acids is 1. The summed E-state index contributed by atoms with van der Waals surface area (Å²) in [5.74, 6) is -0.353. The van der Waals surface area contributed by atoms with Crippen LogP contribution in [0, 0.1) is 11.3 Å². The Morgan fingerprint density at radius 3 is 2.76 bits per heavy atom. The van der Waals surface area contributed by atoms with Crippen molar-refractivity contribution in [2.24, 2.45) is 0 Å². The van der Waals surface area contributed by atoms with E-state index < -0.39 is 0 Å². The number of methoxy groups -OCH3 is 1. The van der Waals surface area contributed by atoms with Gasteiger partial charge in [-0.15, -0.1) is 0 Å². The van der Waals surface area contributed by atoms with Gasteiger partial charge in [-0.1, -0.05) is 30.3 Å². The van der Waals surface area contributed by atoms with Crippen molar-refractivity contribution in [3.05, 3.63) is 47.7 Å². The molecule has 0 radical (unpaired) electrons. The van der Waals surface area contributed by atoms with Crippen molar-refractivity contribution in [3.63, 3.8) is 0 Å². The van der Waals surface area contributed by atoms with Gasteiger partial charge in [0.05, 0.1) is 0 Å². The maximum absolute atomic E-state index is 11.9. The summed E-state index contributed by atoms with van der Waals surface area (Å²) in [7, 11) is 3.45. The summed E-state index contributed by atoms with van der Waals surface area (Å²) in [6.45, 7) is 1.72. The summed E-state index contributed by atoms with van der Waals surface area (Å²) >= 11 is 0. The van der Waals surface area contributed by atoms with E-state index in [9.17, 15) is 4.79 Å². The van der Waals surface area contributed by atoms with Crippen LogP contribution in [0.2, 0.25) is 0 Å². The summed E-state index contributed by atoms with van der Waals surface area (Å²) in [5, 5.41) is 11.8. The summed E-state index contributed by atoms with van der Waals surface area (Å²) in [4.78, 5) is 13.7. The molecule has 0 spiro atoms. The SMILES string of the molecule is COCCCNC(=O)/C(C#N)=C\N(C)Cc1ccccc1. The molecule has 1 aromatic rings. The van der Waals surface area contributed by atoms with Crippen LogP contribution >= 0.6 is 0 Å². The number of nitriles is 1. The molecule has 0 aliphatic heterocycles. The van der Waals surface area contributed by atoms with Crippen LogP contribution in [0.3, 0.4) is 0 Å². The van der Waals surface area contributed by atoms with Gasteiger partial charge in [0.15, 0.2) is 0 Å². The molecule has 0 atom stereocenters. The maximum atomic E-state index is 11.9. The number of benzene rings is 1. The average molecular weight is 287 g/mol. The van der Waals surface area contributed by atoms with Gasteiger partial charge in [-0.05, 0) is 12.0 Å². The summed E-state index contributed by atoms with van der Waals surface area (Å²) in [6.07, 6.45) is 2.29. The monoisotopic (exact) mass is 287 g/mol. The number of hydrogen-bond acceptors (Lipinski definition) is 4. The zero-order valence-corrected chi connectivity index (χ0v) is 12.5. The number of amides is 1. The minimum Gasteiger partial charge on any atom is -0.385 e. The van der Waals surface area contributed by atoms with Crippen LogP contribution in [0.5, 0.6) is 0 Å². The van der Waals surface area contributed by atoms with Gasteiger partial charge in [-0.3, -0.25) is 4.79 Å². The molecule has 1 aromatic carbocycles. The van der Waals surface area contributed by atoms with Crippen molar-refractivity contribution in [1.29, 1.82) is 5.26 Å². The van der Waals surface area contributed by atoms with E-state index in [1.165, 1.54) is 0 Å². The predicted octanol–water partition coefficient (Wildman–Crippen LogP) is 1.68. The Hall–Kier alpha value is -2.32. The lowest BCUT2D eigenvalue weighted by Gasteiger charge is -2.14. The third-order valence-corrected chi connectivity index (χ3v) is 2.80. The number of nitrogens with one attached hydrogen (secondary N) is 1. The topological polar surface area (TPSA) is 65.4 Å². The molecule has 5 nitrogen and oxygen atoms in total. The van der Waals surface area contributed by atoms with Crippen LogP contribution in [0.4, 0.5) is 0 Å². The number of rotatable bonds is 8. The second-order valence-electron chi connectivity index (χ2n) is 4.66. The fourth-order valence-corrected chi connectivity index (χ4v) is 1.79. The average Bonchev–Trinajstić information content (AvgIpc) is 2.50. The van der Waals surface area contributed by atoms with E-state index in [4.69, 9.17) is 10.00 Å². The molecular weight excluding hydrogens is 266 g/mol. The van der Waals surface area contributed by atoms with Gasteiger partial charge in [-0.2, -0.15) is 5.26 Å². The highest BCUT2D eigenvalue weighted by molar-refractivity contribution is 5.97. The molecule has 0 saturated carbocycles. The first-order valence-corrected chi connectivity index (χ1v) is 6.80. The predicted molar refractivity (Wildman–Crippen MR) is 81.1 cm³/mol. The molecule has 1 rings (SSSR count). The molecule has 0 heterocycles. The highest BCUT2D eigenvalue weighted by Crippen LogP contribution is 2.05. The van der Waals surface area contributed by atoms with E-state index in [1.54, 1.807) is 13.3 Å². The van der Waals surface area contributed by atoms with Crippen LogP contribution in [0.1, 0.15) is 12.0 Å².